The Morgan fingerprint density at radius 1 is 1.28 bits per heavy atom. The predicted octanol–water partition coefficient (Wildman–Crippen LogP) is 3.02. The van der Waals surface area contributed by atoms with Crippen molar-refractivity contribution in [3.63, 3.8) is 0 Å². The van der Waals surface area contributed by atoms with Crippen LogP contribution in [0, 0.1) is 13.8 Å². The fraction of sp³-hybridized carbons (Fsp3) is 0.500. The van der Waals surface area contributed by atoms with Crippen LogP contribution in [0.15, 0.2) is 16.8 Å². The summed E-state index contributed by atoms with van der Waals surface area (Å²) >= 11 is 0. The Balaban J connectivity index is 1.82. The van der Waals surface area contributed by atoms with Gasteiger partial charge in [-0.1, -0.05) is 5.16 Å². The second-order valence-electron chi connectivity index (χ2n) is 6.11. The van der Waals surface area contributed by atoms with Crippen LogP contribution in [-0.4, -0.2) is 45.2 Å². The number of amides is 1. The monoisotopic (exact) mass is 354 g/mol. The molecule has 1 amide bonds. The van der Waals surface area contributed by atoms with Crippen LogP contribution in [0.1, 0.15) is 36.0 Å². The van der Waals surface area contributed by atoms with Gasteiger partial charge in [-0.05, 0) is 26.7 Å². The number of carbonyl (C=O) groups is 1. The Hall–Kier alpha value is -2.45. The van der Waals surface area contributed by atoms with Gasteiger partial charge in [-0.2, -0.15) is 13.2 Å². The number of likely N-dealkylation sites (tertiary alicyclic amines) is 1. The van der Waals surface area contributed by atoms with Crippen molar-refractivity contribution in [3.05, 3.63) is 29.5 Å². The summed E-state index contributed by atoms with van der Waals surface area (Å²) in [5.41, 5.74) is 2.13. The molecule has 0 atom stereocenters. The zero-order valence-electron chi connectivity index (χ0n) is 13.8. The van der Waals surface area contributed by atoms with Crippen molar-refractivity contribution < 1.29 is 22.5 Å². The van der Waals surface area contributed by atoms with Crippen molar-refractivity contribution in [2.24, 2.45) is 0 Å². The van der Waals surface area contributed by atoms with Gasteiger partial charge in [0, 0.05) is 31.3 Å². The molecule has 25 heavy (non-hydrogen) atoms. The van der Waals surface area contributed by atoms with E-state index in [1.807, 2.05) is 0 Å². The number of hydrogen-bond donors (Lipinski definition) is 0. The molecule has 1 aliphatic rings. The molecule has 9 heteroatoms. The van der Waals surface area contributed by atoms with E-state index in [2.05, 4.69) is 15.1 Å². The molecule has 0 radical (unpaired) electrons. The molecule has 2 aromatic rings. The summed E-state index contributed by atoms with van der Waals surface area (Å²) in [4.78, 5) is 20.9. The highest BCUT2D eigenvalue weighted by Gasteiger charge is 2.43. The first kappa shape index (κ1) is 17.4. The van der Waals surface area contributed by atoms with E-state index >= 15 is 0 Å². The third-order valence-corrected chi connectivity index (χ3v) is 4.24. The van der Waals surface area contributed by atoms with E-state index in [0.717, 1.165) is 10.6 Å². The summed E-state index contributed by atoms with van der Waals surface area (Å²) in [5, 5.41) is 3.86. The van der Waals surface area contributed by atoms with Crippen LogP contribution >= 0.6 is 0 Å². The van der Waals surface area contributed by atoms with Crippen LogP contribution in [0.4, 0.5) is 13.2 Å². The number of hydrogen-bond acceptors (Lipinski definition) is 5. The number of rotatable bonds is 2. The molecular formula is C16H17F3N4O2. The molecule has 1 saturated heterocycles. The van der Waals surface area contributed by atoms with Crippen LogP contribution in [0.5, 0.6) is 0 Å². The van der Waals surface area contributed by atoms with Crippen LogP contribution in [-0.2, 0) is 4.79 Å². The normalized spacial score (nSPS) is 16.3. The number of aromatic nitrogens is 3. The summed E-state index contributed by atoms with van der Waals surface area (Å²) in [5.74, 6) is -0.750. The number of carbonyl (C=O) groups excluding carboxylic acids is 1. The van der Waals surface area contributed by atoms with Gasteiger partial charge in [-0.25, -0.2) is 9.97 Å². The lowest BCUT2D eigenvalue weighted by molar-refractivity contribution is -0.186. The molecule has 3 heterocycles. The van der Waals surface area contributed by atoms with Crippen molar-refractivity contribution in [1.82, 2.24) is 20.0 Å². The third-order valence-electron chi connectivity index (χ3n) is 4.24. The summed E-state index contributed by atoms with van der Waals surface area (Å²) in [6.07, 6.45) is -2.39. The minimum Gasteiger partial charge on any atom is -0.356 e. The molecule has 3 rings (SSSR count). The van der Waals surface area contributed by atoms with E-state index in [-0.39, 0.29) is 19.0 Å². The highest BCUT2D eigenvalue weighted by Crippen LogP contribution is 2.35. The maximum atomic E-state index is 12.6. The highest BCUT2D eigenvalue weighted by atomic mass is 19.4. The van der Waals surface area contributed by atoms with Crippen molar-refractivity contribution in [3.8, 4) is 11.3 Å². The minimum absolute atomic E-state index is 0.0426. The van der Waals surface area contributed by atoms with E-state index in [0.29, 0.717) is 35.7 Å². The first-order valence-corrected chi connectivity index (χ1v) is 7.89. The molecule has 0 aromatic carbocycles. The molecular weight excluding hydrogens is 337 g/mol. The van der Waals surface area contributed by atoms with Crippen LogP contribution < -0.4 is 0 Å². The lowest BCUT2D eigenvalue weighted by Crippen LogP contribution is -2.45. The first-order valence-electron chi connectivity index (χ1n) is 7.89. The average Bonchev–Trinajstić information content (AvgIpc) is 2.99. The van der Waals surface area contributed by atoms with Crippen molar-refractivity contribution >= 4 is 5.91 Å². The van der Waals surface area contributed by atoms with Gasteiger partial charge in [-0.3, -0.25) is 4.79 Å². The largest absolute Gasteiger partial charge is 0.471 e. The Morgan fingerprint density at radius 2 is 1.96 bits per heavy atom. The Morgan fingerprint density at radius 3 is 2.52 bits per heavy atom. The zero-order chi connectivity index (χ0) is 18.2. The Kier molecular flexibility index (Phi) is 4.49. The van der Waals surface area contributed by atoms with E-state index in [1.165, 1.54) is 0 Å². The van der Waals surface area contributed by atoms with E-state index in [1.54, 1.807) is 26.1 Å². The molecule has 0 bridgehead atoms. The standard InChI is InChI=1S/C16H17F3N4O2/c1-9-7-13(25-22-9)12-8-20-10(2)21-14(12)11-3-5-23(6-4-11)15(24)16(17,18)19/h7-8,11H,3-6H2,1-2H3. The average molecular weight is 354 g/mol. The van der Waals surface area contributed by atoms with Crippen LogP contribution in [0.2, 0.25) is 0 Å². The van der Waals surface area contributed by atoms with Crippen molar-refractivity contribution in [2.45, 2.75) is 38.8 Å². The Bertz CT molecular complexity index is 780. The van der Waals surface area contributed by atoms with Gasteiger partial charge in [-0.15, -0.1) is 0 Å². The fourth-order valence-electron chi connectivity index (χ4n) is 3.01. The molecule has 1 aliphatic heterocycles. The molecule has 0 N–H and O–H groups in total. The van der Waals surface area contributed by atoms with Gasteiger partial charge in [0.05, 0.1) is 17.0 Å². The highest BCUT2D eigenvalue weighted by molar-refractivity contribution is 5.82. The first-order chi connectivity index (χ1) is 11.8. The fourth-order valence-corrected chi connectivity index (χ4v) is 3.01. The molecule has 134 valence electrons. The smallest absolute Gasteiger partial charge is 0.356 e. The van der Waals surface area contributed by atoms with E-state index in [9.17, 15) is 18.0 Å². The minimum atomic E-state index is -4.83. The SMILES string of the molecule is Cc1cc(-c2cnc(C)nc2C2CCN(C(=O)C(F)(F)F)CC2)on1. The molecule has 6 nitrogen and oxygen atoms in total. The topological polar surface area (TPSA) is 72.1 Å². The molecule has 0 saturated carbocycles. The summed E-state index contributed by atoms with van der Waals surface area (Å²) in [7, 11) is 0. The van der Waals surface area contributed by atoms with E-state index < -0.39 is 12.1 Å². The summed E-state index contributed by atoms with van der Waals surface area (Å²) in [6.45, 7) is 3.63. The molecule has 0 unspecified atom stereocenters. The maximum absolute atomic E-state index is 12.6. The van der Waals surface area contributed by atoms with Crippen molar-refractivity contribution in [1.29, 1.82) is 0 Å². The lowest BCUT2D eigenvalue weighted by atomic mass is 9.90. The second kappa shape index (κ2) is 6.45. The number of aryl methyl sites for hydroxylation is 2. The maximum Gasteiger partial charge on any atom is 0.471 e. The van der Waals surface area contributed by atoms with E-state index in [4.69, 9.17) is 4.52 Å². The van der Waals surface area contributed by atoms with Crippen LogP contribution in [0.3, 0.4) is 0 Å². The van der Waals surface area contributed by atoms with Gasteiger partial charge < -0.3 is 9.42 Å². The van der Waals surface area contributed by atoms with Gasteiger partial charge in [0.15, 0.2) is 5.76 Å². The summed E-state index contributed by atoms with van der Waals surface area (Å²) < 4.78 is 43.0. The van der Waals surface area contributed by atoms with Gasteiger partial charge in [0.2, 0.25) is 0 Å². The quantitative estimate of drug-likeness (QED) is 0.829. The summed E-state index contributed by atoms with van der Waals surface area (Å²) in [6, 6.07) is 1.76. The molecule has 1 fully saturated rings. The van der Waals surface area contributed by atoms with Crippen molar-refractivity contribution in [2.75, 3.05) is 13.1 Å². The zero-order valence-corrected chi connectivity index (χ0v) is 13.8. The number of alkyl halides is 3. The van der Waals surface area contributed by atoms with Gasteiger partial charge in [0.1, 0.15) is 5.82 Å². The molecule has 2 aromatic heterocycles. The predicted molar refractivity (Wildman–Crippen MR) is 81.6 cm³/mol. The second-order valence-corrected chi connectivity index (χ2v) is 6.11. The Labute approximate surface area is 142 Å². The number of nitrogens with zero attached hydrogens (tertiary/aromatic N) is 4. The van der Waals surface area contributed by atoms with Crippen LogP contribution in [0.25, 0.3) is 11.3 Å². The number of piperidine rings is 1. The molecule has 0 spiro atoms. The van der Waals surface area contributed by atoms with Gasteiger partial charge in [0.25, 0.3) is 0 Å². The number of halogens is 3. The molecule has 0 aliphatic carbocycles. The lowest BCUT2D eigenvalue weighted by Gasteiger charge is -2.32. The third kappa shape index (κ3) is 3.64. The van der Waals surface area contributed by atoms with Gasteiger partial charge >= 0.3 is 12.1 Å².